The second-order valence-corrected chi connectivity index (χ2v) is 16.5. The Labute approximate surface area is 454 Å². The van der Waals surface area contributed by atoms with Crippen molar-refractivity contribution in [3.05, 3.63) is 175 Å². The number of esters is 2. The van der Waals surface area contributed by atoms with Crippen molar-refractivity contribution >= 4 is 36.1 Å². The molecule has 0 bridgehead atoms. The Morgan fingerprint density at radius 3 is 1.23 bits per heavy atom. The van der Waals surface area contributed by atoms with Gasteiger partial charge in [0.2, 0.25) is 11.5 Å². The van der Waals surface area contributed by atoms with E-state index in [4.69, 9.17) is 71.1 Å². The Bertz CT molecular complexity index is 3170. The molecule has 3 aliphatic heterocycles. The highest BCUT2D eigenvalue weighted by molar-refractivity contribution is 5.98. The molecular weight excluding hydrogens is 1030 g/mol. The molecule has 20 heteroatoms. The molecule has 3 unspecified atom stereocenters. The van der Waals surface area contributed by atoms with Gasteiger partial charge in [-0.3, -0.25) is 4.79 Å². The number of para-hydroxylation sites is 3. The van der Waals surface area contributed by atoms with E-state index in [2.05, 4.69) is 19.7 Å². The van der Waals surface area contributed by atoms with E-state index in [1.807, 2.05) is 19.9 Å². The molecule has 9 rings (SSSR count). The van der Waals surface area contributed by atoms with E-state index in [0.717, 1.165) is 11.1 Å². The number of hydrogen-bond donors (Lipinski definition) is 0. The van der Waals surface area contributed by atoms with Crippen molar-refractivity contribution in [2.75, 3.05) is 19.8 Å². The molecular formula is C59H54O20. The fourth-order valence-electron chi connectivity index (χ4n) is 6.81. The zero-order valence-electron chi connectivity index (χ0n) is 43.5. The van der Waals surface area contributed by atoms with Crippen LogP contribution in [-0.2, 0) is 30.2 Å². The van der Waals surface area contributed by atoms with Crippen LogP contribution in [0.1, 0.15) is 56.1 Å². The van der Waals surface area contributed by atoms with Gasteiger partial charge in [-0.1, -0.05) is 62.2 Å². The summed E-state index contributed by atoms with van der Waals surface area (Å²) in [5.41, 5.74) is 2.72. The largest absolute Gasteiger partial charge is 0.519 e. The fraction of sp³-hybridized carbons (Fsp3) is 0.203. The van der Waals surface area contributed by atoms with Crippen molar-refractivity contribution < 1.29 is 95.0 Å². The molecule has 0 radical (unpaired) electrons. The highest BCUT2D eigenvalue weighted by atomic mass is 16.9. The van der Waals surface area contributed by atoms with E-state index in [0.29, 0.717) is 77.0 Å². The average molecular weight is 1080 g/mol. The van der Waals surface area contributed by atoms with Gasteiger partial charge >= 0.3 is 43.7 Å². The molecule has 3 heterocycles. The van der Waals surface area contributed by atoms with Crippen molar-refractivity contribution in [2.24, 2.45) is 0 Å². The van der Waals surface area contributed by atoms with E-state index in [-0.39, 0.29) is 40.8 Å². The Balaban J connectivity index is 0.000000172. The quantitative estimate of drug-likeness (QED) is 0.0256. The smallest absolute Gasteiger partial charge is 0.428 e. The van der Waals surface area contributed by atoms with Crippen LogP contribution in [0.15, 0.2) is 158 Å². The van der Waals surface area contributed by atoms with Gasteiger partial charge in [-0.05, 0) is 131 Å². The third-order valence-corrected chi connectivity index (χ3v) is 10.5. The number of carbonyl (C=O) groups excluding carboxylic acids is 5. The van der Waals surface area contributed by atoms with Gasteiger partial charge in [0.05, 0.1) is 19.8 Å². The Morgan fingerprint density at radius 2 is 0.823 bits per heavy atom. The van der Waals surface area contributed by atoms with Gasteiger partial charge in [-0.15, -0.1) is 0 Å². The normalized spacial score (nSPS) is 14.6. The second-order valence-electron chi connectivity index (χ2n) is 16.5. The molecule has 0 saturated carbocycles. The van der Waals surface area contributed by atoms with Crippen LogP contribution in [0.5, 0.6) is 69.0 Å². The summed E-state index contributed by atoms with van der Waals surface area (Å²) in [7, 11) is 0. The third kappa shape index (κ3) is 16.0. The monoisotopic (exact) mass is 1080 g/mol. The van der Waals surface area contributed by atoms with Crippen molar-refractivity contribution in [3.8, 4) is 69.0 Å². The van der Waals surface area contributed by atoms with Gasteiger partial charge in [0.1, 0.15) is 23.0 Å². The van der Waals surface area contributed by atoms with Crippen molar-refractivity contribution in [1.29, 1.82) is 0 Å². The maximum Gasteiger partial charge on any atom is 0.519 e. The Morgan fingerprint density at radius 1 is 0.456 bits per heavy atom. The number of ketones is 1. The molecule has 20 nitrogen and oxygen atoms in total. The minimum absolute atomic E-state index is 0.0929. The van der Waals surface area contributed by atoms with Gasteiger partial charge in [0.25, 0.3) is 0 Å². The number of hydrogen-bond acceptors (Lipinski definition) is 20. The number of ether oxygens (including phenoxy) is 15. The molecule has 3 aliphatic rings. The molecule has 0 saturated heterocycles. The van der Waals surface area contributed by atoms with Gasteiger partial charge in [-0.2, -0.15) is 0 Å². The number of carbonyl (C=O) groups is 5. The van der Waals surface area contributed by atoms with E-state index < -0.39 is 43.7 Å². The Hall–Kier alpha value is -9.63. The van der Waals surface area contributed by atoms with Crippen LogP contribution in [0.25, 0.3) is 6.08 Å². The first kappa shape index (κ1) is 57.1. The molecule has 0 fully saturated rings. The lowest BCUT2D eigenvalue weighted by Crippen LogP contribution is -2.22. The van der Waals surface area contributed by atoms with Crippen molar-refractivity contribution in [3.63, 3.8) is 0 Å². The van der Waals surface area contributed by atoms with Crippen LogP contribution in [0, 0.1) is 0 Å². The second kappa shape index (κ2) is 27.4. The Kier molecular flexibility index (Phi) is 19.8. The summed E-state index contributed by atoms with van der Waals surface area (Å²) < 4.78 is 79.6. The standard InChI is InChI=1S/C21H20O6.C20H18O8.C18H16O6/c1-4-24-21-26-18-7-5-6-15(19(18)27-21)12-17(22)14-8-10-16(11-9-14)25-20(23)13(2)3;1-4-23-20-27-16-7-5-6-15(17(16)28-20)26-19(22)25-14-10-8-13(9-11-14)24-18(21)12(2)3;1-3-12-8-10-13(11-9-12)21-17(19)22-14-6-5-7-15-16(14)24-18(23-15)20-4-2/h5-11,21H,2,4,12H2,1,3H3;5-11,20H,2,4H2,1,3H3;3,5-11,18H,1,4H2,2H3. The van der Waals surface area contributed by atoms with Crippen LogP contribution in [0.4, 0.5) is 9.59 Å². The van der Waals surface area contributed by atoms with Crippen molar-refractivity contribution in [1.82, 2.24) is 0 Å². The topological polar surface area (TPSA) is 224 Å². The summed E-state index contributed by atoms with van der Waals surface area (Å²) >= 11 is 0. The summed E-state index contributed by atoms with van der Waals surface area (Å²) in [5, 5.41) is 0. The van der Waals surface area contributed by atoms with Gasteiger partial charge in [-0.25, -0.2) is 19.2 Å². The lowest BCUT2D eigenvalue weighted by atomic mass is 10.0. The average Bonchev–Trinajstić information content (AvgIpc) is 4.23. The maximum absolute atomic E-state index is 12.6. The first-order valence-corrected chi connectivity index (χ1v) is 24.4. The first-order chi connectivity index (χ1) is 38.1. The van der Waals surface area contributed by atoms with E-state index in [1.165, 1.54) is 30.3 Å². The number of Topliss-reactive ketones (excluding diaryl/α,β-unsaturated/α-hetero) is 1. The molecule has 0 spiro atoms. The molecule has 3 atom stereocenters. The minimum atomic E-state index is -0.969. The summed E-state index contributed by atoms with van der Waals surface area (Å²) in [6, 6.07) is 34.3. The van der Waals surface area contributed by atoms with Gasteiger partial charge in [0.15, 0.2) is 40.3 Å². The summed E-state index contributed by atoms with van der Waals surface area (Å²) in [4.78, 5) is 59.6. The van der Waals surface area contributed by atoms with E-state index >= 15 is 0 Å². The van der Waals surface area contributed by atoms with Crippen LogP contribution in [0.2, 0.25) is 0 Å². The molecule has 6 aromatic rings. The highest BCUT2D eigenvalue weighted by Gasteiger charge is 2.31. The summed E-state index contributed by atoms with van der Waals surface area (Å²) in [5.74, 6) is 2.88. The SMILES string of the molecule is C=C(C)C(=O)Oc1ccc(C(=O)Cc2cccc3c2OC(OCC)O3)cc1.C=C(C)C(=O)Oc1ccc(OC(=O)Oc2cccc3c2OC(OCC)O3)cc1.C=Cc1ccc(OC(=O)Oc2cccc3c2OC(OCC)O3)cc1. The zero-order chi connectivity index (χ0) is 56.4. The van der Waals surface area contributed by atoms with E-state index in [9.17, 15) is 24.0 Å². The fourth-order valence-corrected chi connectivity index (χ4v) is 6.81. The predicted octanol–water partition coefficient (Wildman–Crippen LogP) is 11.5. The van der Waals surface area contributed by atoms with Crippen LogP contribution < -0.4 is 56.8 Å². The lowest BCUT2D eigenvalue weighted by molar-refractivity contribution is -0.174. The van der Waals surface area contributed by atoms with Crippen LogP contribution in [-0.4, -0.2) is 69.3 Å². The zero-order valence-corrected chi connectivity index (χ0v) is 43.5. The highest BCUT2D eigenvalue weighted by Crippen LogP contribution is 2.44. The molecule has 410 valence electrons. The summed E-state index contributed by atoms with van der Waals surface area (Å²) in [6.45, 7) is 18.0. The minimum Gasteiger partial charge on any atom is -0.428 e. The molecule has 0 aliphatic carbocycles. The molecule has 0 aromatic heterocycles. The molecule has 79 heavy (non-hydrogen) atoms. The molecule has 0 N–H and O–H groups in total. The maximum atomic E-state index is 12.6. The van der Waals surface area contributed by atoms with Gasteiger partial charge < -0.3 is 71.1 Å². The third-order valence-electron chi connectivity index (χ3n) is 10.5. The predicted molar refractivity (Wildman–Crippen MR) is 281 cm³/mol. The number of fused-ring (bicyclic) bond motifs is 3. The van der Waals surface area contributed by atoms with Crippen LogP contribution in [0.3, 0.4) is 0 Å². The molecule has 0 amide bonds. The molecule has 6 aromatic carbocycles. The van der Waals surface area contributed by atoms with Crippen molar-refractivity contribution in [2.45, 2.75) is 60.5 Å². The number of rotatable bonds is 18. The van der Waals surface area contributed by atoms with Crippen LogP contribution >= 0.6 is 0 Å². The van der Waals surface area contributed by atoms with E-state index in [1.54, 1.807) is 118 Å². The lowest BCUT2D eigenvalue weighted by Gasteiger charge is -2.10. The number of benzene rings is 6. The first-order valence-electron chi connectivity index (χ1n) is 24.4. The summed E-state index contributed by atoms with van der Waals surface area (Å²) in [6.07, 6.45) is -0.000577. The van der Waals surface area contributed by atoms with Gasteiger partial charge in [0, 0.05) is 28.7 Å².